The maximum atomic E-state index is 12.7. The molecule has 1 aliphatic carbocycles. The lowest BCUT2D eigenvalue weighted by Crippen LogP contribution is -2.44. The Kier molecular flexibility index (Phi) is 4.60. The molecule has 1 saturated heterocycles. The smallest absolute Gasteiger partial charge is 0.225 e. The Bertz CT molecular complexity index is 501. The summed E-state index contributed by atoms with van der Waals surface area (Å²) in [6, 6.07) is 0.217. The van der Waals surface area contributed by atoms with E-state index in [-0.39, 0.29) is 12.0 Å². The van der Waals surface area contributed by atoms with Gasteiger partial charge < -0.3 is 10.6 Å². The molecule has 2 aliphatic rings. The van der Waals surface area contributed by atoms with Gasteiger partial charge in [0.25, 0.3) is 0 Å². The van der Waals surface area contributed by atoms with Crippen LogP contribution in [0.1, 0.15) is 55.1 Å². The average molecular weight is 307 g/mol. The Labute approximate surface area is 130 Å². The monoisotopic (exact) mass is 307 g/mol. The van der Waals surface area contributed by atoms with Crippen LogP contribution in [0.3, 0.4) is 0 Å². The van der Waals surface area contributed by atoms with Crippen molar-refractivity contribution in [1.82, 2.24) is 9.88 Å². The number of rotatable bonds is 2. The molecule has 21 heavy (non-hydrogen) atoms. The van der Waals surface area contributed by atoms with E-state index in [4.69, 9.17) is 5.73 Å². The van der Waals surface area contributed by atoms with Gasteiger partial charge in [-0.25, -0.2) is 4.98 Å². The molecular formula is C16H25N3OS. The van der Waals surface area contributed by atoms with Crippen LogP contribution >= 0.6 is 11.3 Å². The normalized spacial score (nSPS) is 30.4. The van der Waals surface area contributed by atoms with Gasteiger partial charge in [-0.05, 0) is 39.0 Å². The standard InChI is InChI=1S/C16H25N3OS/c1-11-10-21-15(18-11)13-5-3-7-19(9-13)16(20)12-4-2-6-14(17)8-12/h10,12-14H,2-9,17H2,1H3. The molecule has 2 heterocycles. The van der Waals surface area contributed by atoms with Gasteiger partial charge in [0, 0.05) is 42.0 Å². The number of piperidine rings is 1. The summed E-state index contributed by atoms with van der Waals surface area (Å²) in [6.07, 6.45) is 6.31. The number of nitrogens with two attached hydrogens (primary N) is 1. The highest BCUT2D eigenvalue weighted by molar-refractivity contribution is 7.09. The maximum Gasteiger partial charge on any atom is 0.225 e. The number of carbonyl (C=O) groups excluding carboxylic acids is 1. The molecule has 0 bridgehead atoms. The SMILES string of the molecule is Cc1csc(C2CCCN(C(=O)C3CCCC(N)C3)C2)n1. The summed E-state index contributed by atoms with van der Waals surface area (Å²) in [5.74, 6) is 0.923. The molecule has 0 radical (unpaired) electrons. The Hall–Kier alpha value is -0.940. The minimum absolute atomic E-state index is 0.158. The number of aromatic nitrogens is 1. The van der Waals surface area contributed by atoms with Crippen LogP contribution in [0.4, 0.5) is 0 Å². The van der Waals surface area contributed by atoms with Crippen LogP contribution in [-0.4, -0.2) is 34.9 Å². The first-order chi connectivity index (χ1) is 10.1. The Morgan fingerprint density at radius 2 is 2.24 bits per heavy atom. The van der Waals surface area contributed by atoms with Crippen molar-refractivity contribution >= 4 is 17.2 Å². The molecule has 4 nitrogen and oxygen atoms in total. The van der Waals surface area contributed by atoms with Gasteiger partial charge in [0.2, 0.25) is 5.91 Å². The summed E-state index contributed by atoms with van der Waals surface area (Å²) < 4.78 is 0. The van der Waals surface area contributed by atoms with E-state index in [1.165, 1.54) is 5.01 Å². The number of aryl methyl sites for hydroxylation is 1. The van der Waals surface area contributed by atoms with E-state index in [2.05, 4.69) is 15.3 Å². The summed E-state index contributed by atoms with van der Waals surface area (Å²) >= 11 is 1.74. The van der Waals surface area contributed by atoms with E-state index in [9.17, 15) is 4.79 Å². The first kappa shape index (κ1) is 15.0. The van der Waals surface area contributed by atoms with E-state index in [1.54, 1.807) is 11.3 Å². The minimum atomic E-state index is 0.158. The van der Waals surface area contributed by atoms with Crippen molar-refractivity contribution in [3.05, 3.63) is 16.1 Å². The number of thiazole rings is 1. The first-order valence-corrected chi connectivity index (χ1v) is 8.98. The van der Waals surface area contributed by atoms with Crippen LogP contribution in [0, 0.1) is 12.8 Å². The van der Waals surface area contributed by atoms with Gasteiger partial charge in [0.15, 0.2) is 0 Å². The summed E-state index contributed by atoms with van der Waals surface area (Å²) in [6.45, 7) is 3.79. The van der Waals surface area contributed by atoms with Crippen molar-refractivity contribution in [3.63, 3.8) is 0 Å². The molecule has 3 rings (SSSR count). The summed E-state index contributed by atoms with van der Waals surface area (Å²) in [4.78, 5) is 19.4. The van der Waals surface area contributed by atoms with Gasteiger partial charge in [-0.15, -0.1) is 11.3 Å². The maximum absolute atomic E-state index is 12.7. The predicted octanol–water partition coefficient (Wildman–Crippen LogP) is 2.68. The molecule has 0 aromatic carbocycles. The molecular weight excluding hydrogens is 282 g/mol. The van der Waals surface area contributed by atoms with Crippen LogP contribution in [0.2, 0.25) is 0 Å². The fourth-order valence-electron chi connectivity index (χ4n) is 3.65. The third kappa shape index (κ3) is 3.46. The topological polar surface area (TPSA) is 59.2 Å². The number of amides is 1. The van der Waals surface area contributed by atoms with E-state index < -0.39 is 0 Å². The number of hydrogen-bond donors (Lipinski definition) is 1. The molecule has 1 amide bonds. The third-order valence-electron chi connectivity index (χ3n) is 4.78. The van der Waals surface area contributed by atoms with Crippen LogP contribution in [0.5, 0.6) is 0 Å². The predicted molar refractivity (Wildman–Crippen MR) is 85.3 cm³/mol. The van der Waals surface area contributed by atoms with Crippen molar-refractivity contribution < 1.29 is 4.79 Å². The van der Waals surface area contributed by atoms with Crippen molar-refractivity contribution in [2.45, 2.75) is 57.4 Å². The van der Waals surface area contributed by atoms with E-state index in [1.807, 2.05) is 6.92 Å². The van der Waals surface area contributed by atoms with Gasteiger partial charge in [0.05, 0.1) is 5.01 Å². The number of hydrogen-bond acceptors (Lipinski definition) is 4. The molecule has 2 N–H and O–H groups in total. The summed E-state index contributed by atoms with van der Waals surface area (Å²) in [7, 11) is 0. The van der Waals surface area contributed by atoms with Gasteiger partial charge in [-0.2, -0.15) is 0 Å². The molecule has 0 spiro atoms. The highest BCUT2D eigenvalue weighted by Crippen LogP contribution is 2.32. The van der Waals surface area contributed by atoms with Gasteiger partial charge in [-0.1, -0.05) is 6.42 Å². The van der Waals surface area contributed by atoms with Crippen LogP contribution < -0.4 is 5.73 Å². The zero-order valence-corrected chi connectivity index (χ0v) is 13.6. The quantitative estimate of drug-likeness (QED) is 0.914. The molecule has 2 fully saturated rings. The zero-order valence-electron chi connectivity index (χ0n) is 12.8. The lowest BCUT2D eigenvalue weighted by Gasteiger charge is -2.36. The largest absolute Gasteiger partial charge is 0.342 e. The van der Waals surface area contributed by atoms with Crippen LogP contribution in [0.15, 0.2) is 5.38 Å². The van der Waals surface area contributed by atoms with Gasteiger partial charge in [-0.3, -0.25) is 4.79 Å². The molecule has 1 aromatic heterocycles. The highest BCUT2D eigenvalue weighted by atomic mass is 32.1. The molecule has 3 unspecified atom stereocenters. The fraction of sp³-hybridized carbons (Fsp3) is 0.750. The van der Waals surface area contributed by atoms with Gasteiger partial charge >= 0.3 is 0 Å². The summed E-state index contributed by atoms with van der Waals surface area (Å²) in [5, 5.41) is 3.31. The van der Waals surface area contributed by atoms with Crippen molar-refractivity contribution in [3.8, 4) is 0 Å². The van der Waals surface area contributed by atoms with E-state index in [0.717, 1.165) is 57.3 Å². The van der Waals surface area contributed by atoms with Crippen molar-refractivity contribution in [2.24, 2.45) is 11.7 Å². The third-order valence-corrected chi connectivity index (χ3v) is 5.91. The summed E-state index contributed by atoms with van der Waals surface area (Å²) in [5.41, 5.74) is 7.13. The lowest BCUT2D eigenvalue weighted by atomic mass is 9.84. The molecule has 1 aromatic rings. The first-order valence-electron chi connectivity index (χ1n) is 8.10. The second-order valence-electron chi connectivity index (χ2n) is 6.57. The number of carbonyl (C=O) groups is 1. The average Bonchev–Trinajstić information content (AvgIpc) is 2.93. The van der Waals surface area contributed by atoms with E-state index >= 15 is 0 Å². The molecule has 116 valence electrons. The van der Waals surface area contributed by atoms with E-state index in [0.29, 0.717) is 11.8 Å². The number of nitrogens with zero attached hydrogens (tertiary/aromatic N) is 2. The Morgan fingerprint density at radius 3 is 2.95 bits per heavy atom. The van der Waals surface area contributed by atoms with Crippen LogP contribution in [0.25, 0.3) is 0 Å². The molecule has 5 heteroatoms. The second kappa shape index (κ2) is 6.44. The molecule has 3 atom stereocenters. The Balaban J connectivity index is 1.64. The highest BCUT2D eigenvalue weighted by Gasteiger charge is 2.32. The Morgan fingerprint density at radius 1 is 1.38 bits per heavy atom. The molecule has 1 saturated carbocycles. The number of likely N-dealkylation sites (tertiary alicyclic amines) is 1. The second-order valence-corrected chi connectivity index (χ2v) is 7.46. The fourth-order valence-corrected chi connectivity index (χ4v) is 4.57. The van der Waals surface area contributed by atoms with Gasteiger partial charge in [0.1, 0.15) is 0 Å². The van der Waals surface area contributed by atoms with Crippen molar-refractivity contribution in [1.29, 1.82) is 0 Å². The minimum Gasteiger partial charge on any atom is -0.342 e. The molecule has 1 aliphatic heterocycles. The van der Waals surface area contributed by atoms with Crippen LogP contribution in [-0.2, 0) is 4.79 Å². The lowest BCUT2D eigenvalue weighted by molar-refractivity contribution is -0.138. The van der Waals surface area contributed by atoms with Crippen molar-refractivity contribution in [2.75, 3.05) is 13.1 Å². The zero-order chi connectivity index (χ0) is 14.8.